The Kier molecular flexibility index (Phi) is 2.52. The van der Waals surface area contributed by atoms with Crippen molar-refractivity contribution in [2.45, 2.75) is 0 Å². The molecule has 0 bridgehead atoms. The van der Waals surface area contributed by atoms with Crippen LogP contribution in [0.5, 0.6) is 0 Å². The van der Waals surface area contributed by atoms with Gasteiger partial charge in [-0.25, -0.2) is 9.18 Å². The van der Waals surface area contributed by atoms with Crippen LogP contribution in [-0.4, -0.2) is 20.6 Å². The monoisotopic (exact) mass is 256 g/mol. The number of carbonyl (C=O) groups is 1. The fourth-order valence-corrected chi connectivity index (χ4v) is 1.95. The van der Waals surface area contributed by atoms with E-state index in [0.29, 0.717) is 16.6 Å². The Morgan fingerprint density at radius 3 is 2.63 bits per heavy atom. The summed E-state index contributed by atoms with van der Waals surface area (Å²) in [4.78, 5) is 14.9. The van der Waals surface area contributed by atoms with E-state index in [4.69, 9.17) is 5.11 Å². The van der Waals surface area contributed by atoms with Gasteiger partial charge in [-0.2, -0.15) is 0 Å². The molecule has 0 atom stereocenters. The van der Waals surface area contributed by atoms with E-state index in [1.54, 1.807) is 35.2 Å². The molecule has 5 heteroatoms. The van der Waals surface area contributed by atoms with Crippen molar-refractivity contribution in [3.63, 3.8) is 0 Å². The van der Waals surface area contributed by atoms with Gasteiger partial charge in [0.2, 0.25) is 0 Å². The molecule has 0 aliphatic carbocycles. The minimum atomic E-state index is -1.08. The van der Waals surface area contributed by atoms with Gasteiger partial charge in [0, 0.05) is 24.0 Å². The Bertz CT molecular complexity index is 766. The lowest BCUT2D eigenvalue weighted by Gasteiger charge is -2.07. The first-order valence-electron chi connectivity index (χ1n) is 5.61. The Hall–Kier alpha value is -2.69. The van der Waals surface area contributed by atoms with Gasteiger partial charge in [-0.05, 0) is 30.3 Å². The van der Waals surface area contributed by atoms with E-state index in [2.05, 4.69) is 4.98 Å². The van der Waals surface area contributed by atoms with Gasteiger partial charge in [0.15, 0.2) is 0 Å². The van der Waals surface area contributed by atoms with Crippen LogP contribution in [0.1, 0.15) is 10.4 Å². The number of hydrogen-bond donors (Lipinski definition) is 1. The molecule has 1 aromatic carbocycles. The molecule has 3 rings (SSSR count). The van der Waals surface area contributed by atoms with E-state index < -0.39 is 11.8 Å². The van der Waals surface area contributed by atoms with Crippen molar-refractivity contribution in [1.82, 2.24) is 9.55 Å². The number of aromatic nitrogens is 2. The lowest BCUT2D eigenvalue weighted by atomic mass is 10.1. The number of nitrogens with zero attached hydrogens (tertiary/aromatic N) is 2. The second kappa shape index (κ2) is 4.20. The number of rotatable bonds is 2. The van der Waals surface area contributed by atoms with Crippen LogP contribution in [-0.2, 0) is 0 Å². The van der Waals surface area contributed by atoms with Crippen molar-refractivity contribution in [2.75, 3.05) is 0 Å². The summed E-state index contributed by atoms with van der Waals surface area (Å²) in [6.07, 6.45) is 4.73. The average molecular weight is 256 g/mol. The first-order valence-corrected chi connectivity index (χ1v) is 5.61. The second-order valence-corrected chi connectivity index (χ2v) is 4.12. The van der Waals surface area contributed by atoms with Crippen LogP contribution in [0.3, 0.4) is 0 Å². The zero-order valence-corrected chi connectivity index (χ0v) is 9.75. The van der Waals surface area contributed by atoms with E-state index in [1.165, 1.54) is 18.3 Å². The summed E-state index contributed by atoms with van der Waals surface area (Å²) in [7, 11) is 0. The molecule has 0 spiro atoms. The third-order valence-corrected chi connectivity index (χ3v) is 2.88. The van der Waals surface area contributed by atoms with Gasteiger partial charge < -0.3 is 9.67 Å². The topological polar surface area (TPSA) is 55.1 Å². The van der Waals surface area contributed by atoms with Crippen molar-refractivity contribution in [3.8, 4) is 5.69 Å². The quantitative estimate of drug-likeness (QED) is 0.767. The summed E-state index contributed by atoms with van der Waals surface area (Å²) < 4.78 is 15.7. The first kappa shape index (κ1) is 11.4. The first-order chi connectivity index (χ1) is 9.15. The van der Waals surface area contributed by atoms with Crippen molar-refractivity contribution in [2.24, 2.45) is 0 Å². The molecule has 0 fully saturated rings. The number of carboxylic acids is 1. The maximum Gasteiger partial charge on any atom is 0.337 e. The second-order valence-electron chi connectivity index (χ2n) is 4.12. The van der Waals surface area contributed by atoms with Gasteiger partial charge in [-0.3, -0.25) is 4.98 Å². The number of carboxylic acid groups (broad SMARTS) is 1. The van der Waals surface area contributed by atoms with Crippen molar-refractivity contribution in [3.05, 3.63) is 60.3 Å². The molecule has 3 aromatic rings. The number of fused-ring (bicyclic) bond motifs is 1. The lowest BCUT2D eigenvalue weighted by Crippen LogP contribution is -1.99. The molecule has 2 heterocycles. The van der Waals surface area contributed by atoms with E-state index in [1.807, 2.05) is 0 Å². The highest BCUT2D eigenvalue weighted by Crippen LogP contribution is 2.21. The molecule has 0 aliphatic heterocycles. The predicted molar refractivity (Wildman–Crippen MR) is 68.0 cm³/mol. The van der Waals surface area contributed by atoms with E-state index in [0.717, 1.165) is 0 Å². The number of halogens is 1. The standard InChI is InChI=1S/C14H9FN2O2/c15-11-6-9-5-10(14(18)19)8-16-12(9)7-13(11)17-3-1-2-4-17/h1-8H,(H,18,19). The Morgan fingerprint density at radius 2 is 1.95 bits per heavy atom. The molecule has 0 saturated carbocycles. The Morgan fingerprint density at radius 1 is 1.21 bits per heavy atom. The van der Waals surface area contributed by atoms with Crippen LogP contribution >= 0.6 is 0 Å². The zero-order valence-electron chi connectivity index (χ0n) is 9.75. The molecule has 0 saturated heterocycles. The third-order valence-electron chi connectivity index (χ3n) is 2.88. The summed E-state index contributed by atoms with van der Waals surface area (Å²) in [5, 5.41) is 9.35. The molecule has 0 unspecified atom stereocenters. The van der Waals surface area contributed by atoms with Crippen LogP contribution in [0, 0.1) is 5.82 Å². The van der Waals surface area contributed by atoms with Crippen LogP contribution in [0.25, 0.3) is 16.6 Å². The van der Waals surface area contributed by atoms with Crippen LogP contribution < -0.4 is 0 Å². The molecule has 0 amide bonds. The van der Waals surface area contributed by atoms with E-state index in [9.17, 15) is 9.18 Å². The number of aromatic carboxylic acids is 1. The molecule has 0 radical (unpaired) electrons. The van der Waals surface area contributed by atoms with Crippen LogP contribution in [0.4, 0.5) is 4.39 Å². The summed E-state index contributed by atoms with van der Waals surface area (Å²) in [6, 6.07) is 7.89. The number of benzene rings is 1. The Balaban J connectivity index is 2.22. The van der Waals surface area contributed by atoms with Gasteiger partial charge >= 0.3 is 5.97 Å². The molecule has 2 aromatic heterocycles. The van der Waals surface area contributed by atoms with Crippen molar-refractivity contribution >= 4 is 16.9 Å². The van der Waals surface area contributed by atoms with E-state index >= 15 is 0 Å². The highest BCUT2D eigenvalue weighted by molar-refractivity contribution is 5.92. The summed E-state index contributed by atoms with van der Waals surface area (Å²) in [5.74, 6) is -1.50. The molecular formula is C14H9FN2O2. The van der Waals surface area contributed by atoms with Crippen molar-refractivity contribution < 1.29 is 14.3 Å². The summed E-state index contributed by atoms with van der Waals surface area (Å²) in [5.41, 5.74) is 0.976. The lowest BCUT2D eigenvalue weighted by molar-refractivity contribution is 0.0696. The summed E-state index contributed by atoms with van der Waals surface area (Å²) in [6.45, 7) is 0. The molecular weight excluding hydrogens is 247 g/mol. The average Bonchev–Trinajstić information content (AvgIpc) is 2.90. The fourth-order valence-electron chi connectivity index (χ4n) is 1.95. The molecule has 4 nitrogen and oxygen atoms in total. The molecule has 19 heavy (non-hydrogen) atoms. The van der Waals surface area contributed by atoms with E-state index in [-0.39, 0.29) is 5.56 Å². The highest BCUT2D eigenvalue weighted by atomic mass is 19.1. The SMILES string of the molecule is O=C(O)c1cnc2cc(-n3cccc3)c(F)cc2c1. The predicted octanol–water partition coefficient (Wildman–Crippen LogP) is 2.86. The van der Waals surface area contributed by atoms with Gasteiger partial charge in [0.25, 0.3) is 0 Å². The van der Waals surface area contributed by atoms with Gasteiger partial charge in [0.05, 0.1) is 16.8 Å². The molecule has 0 aliphatic rings. The van der Waals surface area contributed by atoms with Gasteiger partial charge in [-0.1, -0.05) is 0 Å². The highest BCUT2D eigenvalue weighted by Gasteiger charge is 2.09. The minimum Gasteiger partial charge on any atom is -0.478 e. The molecule has 94 valence electrons. The minimum absolute atomic E-state index is 0.0422. The largest absolute Gasteiger partial charge is 0.478 e. The third kappa shape index (κ3) is 1.95. The normalized spacial score (nSPS) is 10.8. The Labute approximate surface area is 107 Å². The van der Waals surface area contributed by atoms with Gasteiger partial charge in [-0.15, -0.1) is 0 Å². The number of pyridine rings is 1. The fraction of sp³-hybridized carbons (Fsp3) is 0. The number of hydrogen-bond acceptors (Lipinski definition) is 2. The zero-order chi connectivity index (χ0) is 13.4. The maximum absolute atomic E-state index is 14.0. The van der Waals surface area contributed by atoms with Crippen molar-refractivity contribution in [1.29, 1.82) is 0 Å². The maximum atomic E-state index is 14.0. The smallest absolute Gasteiger partial charge is 0.337 e. The molecule has 1 N–H and O–H groups in total. The van der Waals surface area contributed by atoms with Crippen LogP contribution in [0.15, 0.2) is 48.9 Å². The summed E-state index contributed by atoms with van der Waals surface area (Å²) >= 11 is 0. The van der Waals surface area contributed by atoms with Crippen LogP contribution in [0.2, 0.25) is 0 Å². The van der Waals surface area contributed by atoms with Gasteiger partial charge in [0.1, 0.15) is 5.82 Å².